The maximum atomic E-state index is 14.7. The van der Waals surface area contributed by atoms with E-state index in [0.717, 1.165) is 6.08 Å². The number of benzene rings is 3. The molecule has 6 rings (SSSR count). The molecule has 0 atom stereocenters. The molecule has 0 amide bonds. The Morgan fingerprint density at radius 3 is 1.06 bits per heavy atom. The van der Waals surface area contributed by atoms with Gasteiger partial charge < -0.3 is 4.74 Å². The van der Waals surface area contributed by atoms with Gasteiger partial charge in [0.2, 0.25) is 5.88 Å². The average Bonchev–Trinajstić information content (AvgIpc) is 3.23. The largest absolute Gasteiger partial charge is 0.476 e. The minimum Gasteiger partial charge on any atom is -0.476 e. The fourth-order valence-electron chi connectivity index (χ4n) is 5.67. The molecule has 0 bridgehead atoms. The van der Waals surface area contributed by atoms with Gasteiger partial charge in [-0.15, -0.1) is 0 Å². The lowest BCUT2D eigenvalue weighted by Gasteiger charge is -2.42. The summed E-state index contributed by atoms with van der Waals surface area (Å²) in [5.74, 6) is -58.2. The average molecular weight is 929 g/mol. The van der Waals surface area contributed by atoms with Crippen molar-refractivity contribution in [2.24, 2.45) is 0 Å². The maximum Gasteiger partial charge on any atom is 0.460 e. The highest BCUT2D eigenvalue weighted by molar-refractivity contribution is 5.88. The molecule has 3 heterocycles. The first-order chi connectivity index (χ1) is 29.6. The summed E-state index contributed by atoms with van der Waals surface area (Å²) in [6.07, 6.45) is -5.24. The van der Waals surface area contributed by atoms with Crippen molar-refractivity contribution < 1.29 is 84.2 Å². The highest BCUT2D eigenvalue weighted by atomic mass is 19.4. The number of halogens is 17. The molecule has 6 aromatic rings. The van der Waals surface area contributed by atoms with E-state index < -0.39 is 72.2 Å². The van der Waals surface area contributed by atoms with Crippen LogP contribution in [0.4, 0.5) is 74.6 Å². The summed E-state index contributed by atoms with van der Waals surface area (Å²) in [6, 6.07) is 18.4. The Balaban J connectivity index is 1.32. The number of aldehydes is 1. The van der Waals surface area contributed by atoms with Gasteiger partial charge in [-0.1, -0.05) is 36.4 Å². The Hall–Kier alpha value is -6.56. The van der Waals surface area contributed by atoms with Crippen LogP contribution >= 0.6 is 0 Å². The van der Waals surface area contributed by atoms with Crippen LogP contribution < -0.4 is 4.74 Å². The summed E-state index contributed by atoms with van der Waals surface area (Å²) in [7, 11) is 0. The number of para-hydroxylation sites is 6. The van der Waals surface area contributed by atoms with Crippen molar-refractivity contribution in [1.29, 1.82) is 0 Å². The quantitative estimate of drug-likeness (QED) is 0.0741. The highest BCUT2D eigenvalue weighted by Crippen LogP contribution is 2.64. The predicted octanol–water partition coefficient (Wildman–Crippen LogP) is 11.4. The van der Waals surface area contributed by atoms with Gasteiger partial charge in [0, 0.05) is 0 Å². The van der Waals surface area contributed by atoms with E-state index in [1.807, 2.05) is 0 Å². The molecular formula is C39H21F17N6O2. The lowest BCUT2D eigenvalue weighted by Crippen LogP contribution is -2.74. The lowest BCUT2D eigenvalue weighted by atomic mass is 9.88. The molecule has 0 aliphatic rings. The van der Waals surface area contributed by atoms with Crippen molar-refractivity contribution in [3.8, 4) is 5.88 Å². The van der Waals surface area contributed by atoms with E-state index in [2.05, 4.69) is 29.9 Å². The summed E-state index contributed by atoms with van der Waals surface area (Å²) in [6.45, 7) is -1.95. The molecule has 25 heteroatoms. The van der Waals surface area contributed by atoms with E-state index in [1.54, 1.807) is 48.5 Å². The first kappa shape index (κ1) is 46.9. The van der Waals surface area contributed by atoms with E-state index in [0.29, 0.717) is 28.4 Å². The zero-order chi connectivity index (χ0) is 47.3. The second-order valence-corrected chi connectivity index (χ2v) is 13.4. The normalized spacial score (nSPS) is 14.1. The molecule has 0 aliphatic carbocycles. The summed E-state index contributed by atoms with van der Waals surface area (Å²) in [5.41, 5.74) is 1.16. The molecular weight excluding hydrogens is 907 g/mol. The first-order valence-corrected chi connectivity index (χ1v) is 17.6. The summed E-state index contributed by atoms with van der Waals surface area (Å²) in [4.78, 5) is 37.7. The smallest absolute Gasteiger partial charge is 0.460 e. The van der Waals surface area contributed by atoms with Gasteiger partial charge in [0.05, 0.1) is 63.2 Å². The predicted molar refractivity (Wildman–Crippen MR) is 193 cm³/mol. The molecule has 64 heavy (non-hydrogen) atoms. The Labute approximate surface area is 345 Å². The number of carbonyl (C=O) groups is 1. The minimum absolute atomic E-state index is 0.0157. The van der Waals surface area contributed by atoms with E-state index in [-0.39, 0.29) is 33.8 Å². The van der Waals surface area contributed by atoms with Crippen LogP contribution in [0.3, 0.4) is 0 Å². The third-order valence-corrected chi connectivity index (χ3v) is 9.17. The number of nitrogens with zero attached hydrogens (tertiary/aromatic N) is 6. The van der Waals surface area contributed by atoms with Crippen molar-refractivity contribution in [2.75, 3.05) is 6.61 Å². The third kappa shape index (κ3) is 7.88. The molecule has 0 saturated carbocycles. The van der Waals surface area contributed by atoms with Gasteiger partial charge in [-0.25, -0.2) is 29.9 Å². The number of ether oxygens (including phenoxy) is 1. The number of aromatic nitrogens is 6. The molecule has 8 nitrogen and oxygen atoms in total. The third-order valence-electron chi connectivity index (χ3n) is 9.17. The number of carbonyl (C=O) groups excluding carboxylic acids is 1. The van der Waals surface area contributed by atoms with Gasteiger partial charge in [0.15, 0.2) is 6.29 Å². The Bertz CT molecular complexity index is 2800. The summed E-state index contributed by atoms with van der Waals surface area (Å²) < 4.78 is 240. The zero-order valence-electron chi connectivity index (χ0n) is 31.2. The van der Waals surface area contributed by atoms with Crippen molar-refractivity contribution in [3.05, 3.63) is 101 Å². The molecule has 0 saturated heterocycles. The van der Waals surface area contributed by atoms with E-state index in [9.17, 15) is 79.4 Å². The van der Waals surface area contributed by atoms with Gasteiger partial charge in [-0.2, -0.15) is 74.6 Å². The maximum absolute atomic E-state index is 14.7. The molecule has 338 valence electrons. The van der Waals surface area contributed by atoms with Crippen LogP contribution in [-0.4, -0.2) is 90.4 Å². The van der Waals surface area contributed by atoms with Gasteiger partial charge in [0.25, 0.3) is 0 Å². The Morgan fingerprint density at radius 1 is 0.391 bits per heavy atom. The van der Waals surface area contributed by atoms with Gasteiger partial charge >= 0.3 is 47.6 Å². The number of hydrogen-bond acceptors (Lipinski definition) is 8. The number of fused-ring (bicyclic) bond motifs is 3. The Kier molecular flexibility index (Phi) is 11.9. The van der Waals surface area contributed by atoms with Crippen LogP contribution in [0.25, 0.3) is 57.4 Å². The monoisotopic (exact) mass is 928 g/mol. The molecule has 3 aromatic heterocycles. The second-order valence-electron chi connectivity index (χ2n) is 13.4. The molecule has 0 spiro atoms. The van der Waals surface area contributed by atoms with Gasteiger partial charge in [-0.05, 0) is 60.7 Å². The number of rotatable bonds is 15. The molecule has 0 fully saturated rings. The second kappa shape index (κ2) is 16.2. The fraction of sp³-hybridized carbons (Fsp3) is 0.256. The van der Waals surface area contributed by atoms with E-state index >= 15 is 0 Å². The Morgan fingerprint density at radius 2 is 0.688 bits per heavy atom. The van der Waals surface area contributed by atoms with E-state index in [4.69, 9.17) is 4.74 Å². The lowest BCUT2D eigenvalue weighted by molar-refractivity contribution is -0.461. The van der Waals surface area contributed by atoms with Crippen LogP contribution in [0.1, 0.15) is 39.7 Å². The van der Waals surface area contributed by atoms with Crippen molar-refractivity contribution in [1.82, 2.24) is 29.9 Å². The molecule has 0 aliphatic heterocycles. The first-order valence-electron chi connectivity index (χ1n) is 17.6. The van der Waals surface area contributed by atoms with Crippen LogP contribution in [0, 0.1) is 0 Å². The molecule has 3 aromatic carbocycles. The standard InChI is InChI=1S/C39H21F17N6O2/c40-32(41,33(42,43)34(44,45)35(46,47)36(48,49)37(50,51)38(52,53)39(54,55)56)17-18-64-31-29(60-24-11-5-6-12-25(24)62-31)16-15-27-26(57-20-7-1-2-8-21(20)58-27)13-14-28-30(19-63)61-23-10-4-3-9-22(23)59-28/h1-16,19H,17-18H2/b14-13+,16-15+. The van der Waals surface area contributed by atoms with Crippen LogP contribution in [0.15, 0.2) is 72.8 Å². The van der Waals surface area contributed by atoms with Crippen LogP contribution in [0.2, 0.25) is 0 Å². The van der Waals surface area contributed by atoms with Crippen molar-refractivity contribution in [3.63, 3.8) is 0 Å². The van der Waals surface area contributed by atoms with Crippen LogP contribution in [0.5, 0.6) is 5.88 Å². The SMILES string of the molecule is O=Cc1nc2ccccc2nc1/C=C/c1nc2ccccc2nc1/C=C/c1nc2ccccc2nc1OCCC(F)(F)C(F)(F)C(F)(F)C(F)(F)C(F)(F)C(F)(F)C(F)(F)C(F)(F)F. The summed E-state index contributed by atoms with van der Waals surface area (Å²) >= 11 is 0. The minimum atomic E-state index is -8.74. The van der Waals surface area contributed by atoms with E-state index in [1.165, 1.54) is 42.5 Å². The molecule has 0 radical (unpaired) electrons. The topological polar surface area (TPSA) is 104 Å². The van der Waals surface area contributed by atoms with Gasteiger partial charge in [0.1, 0.15) is 11.4 Å². The van der Waals surface area contributed by atoms with Crippen LogP contribution in [-0.2, 0) is 0 Å². The zero-order valence-corrected chi connectivity index (χ0v) is 31.2. The number of hydrogen-bond donors (Lipinski definition) is 0. The molecule has 0 unspecified atom stereocenters. The van der Waals surface area contributed by atoms with Gasteiger partial charge in [-0.3, -0.25) is 4.79 Å². The molecule has 0 N–H and O–H groups in total. The highest BCUT2D eigenvalue weighted by Gasteiger charge is 2.95. The number of alkyl halides is 17. The summed E-state index contributed by atoms with van der Waals surface area (Å²) in [5, 5.41) is 0. The fourth-order valence-corrected chi connectivity index (χ4v) is 5.67. The van der Waals surface area contributed by atoms with Crippen molar-refractivity contribution in [2.45, 2.75) is 54.1 Å². The van der Waals surface area contributed by atoms with Crippen molar-refractivity contribution >= 4 is 63.7 Å².